The van der Waals surface area contributed by atoms with Crippen LogP contribution in [0, 0.1) is 0 Å². The molecule has 0 spiro atoms. The van der Waals surface area contributed by atoms with Gasteiger partial charge < -0.3 is 15.4 Å². The first kappa shape index (κ1) is 19.9. The molecule has 0 heterocycles. The number of nitrogens with one attached hydrogen (secondary N) is 2. The summed E-state index contributed by atoms with van der Waals surface area (Å²) in [6.45, 7) is 0.315. The zero-order valence-electron chi connectivity index (χ0n) is 16.4. The molecule has 1 aliphatic carbocycles. The molecule has 0 fully saturated rings. The van der Waals surface area contributed by atoms with Gasteiger partial charge in [-0.1, -0.05) is 24.3 Å². The first-order valence-electron chi connectivity index (χ1n) is 9.55. The number of aryl methyl sites for hydroxylation is 1. The van der Waals surface area contributed by atoms with Crippen molar-refractivity contribution in [3.8, 4) is 5.75 Å². The molecule has 1 aliphatic rings. The summed E-state index contributed by atoms with van der Waals surface area (Å²) in [5.74, 6) is 0.501. The molecule has 28 heavy (non-hydrogen) atoms. The third-order valence-electron chi connectivity index (χ3n) is 4.91. The molecule has 0 unspecified atom stereocenters. The third kappa shape index (κ3) is 5.33. The Bertz CT molecular complexity index is 820. The Morgan fingerprint density at radius 1 is 1.07 bits per heavy atom. The summed E-state index contributed by atoms with van der Waals surface area (Å²) in [7, 11) is 3.36. The first-order chi connectivity index (χ1) is 13.5. The molecule has 6 nitrogen and oxygen atoms in total. The van der Waals surface area contributed by atoms with E-state index in [9.17, 15) is 9.59 Å². The van der Waals surface area contributed by atoms with Gasteiger partial charge in [-0.3, -0.25) is 14.5 Å². The van der Waals surface area contributed by atoms with Crippen LogP contribution in [0.2, 0.25) is 0 Å². The first-order valence-corrected chi connectivity index (χ1v) is 9.55. The Morgan fingerprint density at radius 3 is 2.54 bits per heavy atom. The SMILES string of the molecule is COc1ccc(NC(=O)CN(C)CC(=O)N[C@@H]2CCCc3ccccc32)cc1. The van der Waals surface area contributed by atoms with Crippen molar-refractivity contribution >= 4 is 17.5 Å². The van der Waals surface area contributed by atoms with Gasteiger partial charge >= 0.3 is 0 Å². The van der Waals surface area contributed by atoms with E-state index in [4.69, 9.17) is 4.74 Å². The van der Waals surface area contributed by atoms with E-state index in [2.05, 4.69) is 22.8 Å². The van der Waals surface area contributed by atoms with Crippen LogP contribution >= 0.6 is 0 Å². The number of benzene rings is 2. The maximum absolute atomic E-state index is 12.4. The highest BCUT2D eigenvalue weighted by atomic mass is 16.5. The molecule has 2 N–H and O–H groups in total. The topological polar surface area (TPSA) is 70.7 Å². The van der Waals surface area contributed by atoms with Gasteiger partial charge in [-0.15, -0.1) is 0 Å². The molecule has 0 radical (unpaired) electrons. The maximum atomic E-state index is 12.4. The van der Waals surface area contributed by atoms with Gasteiger partial charge in [0.15, 0.2) is 0 Å². The fourth-order valence-electron chi connectivity index (χ4n) is 3.56. The molecule has 148 valence electrons. The van der Waals surface area contributed by atoms with Crippen molar-refractivity contribution in [2.24, 2.45) is 0 Å². The fraction of sp³-hybridized carbons (Fsp3) is 0.364. The second-order valence-corrected chi connectivity index (χ2v) is 7.16. The average molecular weight is 381 g/mol. The molecular weight excluding hydrogens is 354 g/mol. The van der Waals surface area contributed by atoms with E-state index >= 15 is 0 Å². The second kappa shape index (κ2) is 9.37. The minimum atomic E-state index is -0.163. The third-order valence-corrected chi connectivity index (χ3v) is 4.91. The average Bonchev–Trinajstić information content (AvgIpc) is 2.68. The van der Waals surface area contributed by atoms with Crippen LogP contribution in [0.5, 0.6) is 5.75 Å². The lowest BCUT2D eigenvalue weighted by molar-refractivity contribution is -0.123. The van der Waals surface area contributed by atoms with Crippen molar-refractivity contribution in [1.29, 1.82) is 0 Å². The van der Waals surface area contributed by atoms with Crippen LogP contribution in [0.15, 0.2) is 48.5 Å². The Kier molecular flexibility index (Phi) is 6.66. The van der Waals surface area contributed by atoms with Crippen molar-refractivity contribution in [2.75, 3.05) is 32.6 Å². The molecule has 2 aromatic carbocycles. The molecule has 0 saturated carbocycles. The van der Waals surface area contributed by atoms with E-state index < -0.39 is 0 Å². The van der Waals surface area contributed by atoms with Crippen molar-refractivity contribution in [1.82, 2.24) is 10.2 Å². The van der Waals surface area contributed by atoms with E-state index in [1.165, 1.54) is 11.1 Å². The predicted molar refractivity (Wildman–Crippen MR) is 109 cm³/mol. The van der Waals surface area contributed by atoms with Crippen molar-refractivity contribution < 1.29 is 14.3 Å². The summed E-state index contributed by atoms with van der Waals surface area (Å²) < 4.78 is 5.10. The predicted octanol–water partition coefficient (Wildman–Crippen LogP) is 2.76. The largest absolute Gasteiger partial charge is 0.497 e. The number of likely N-dealkylation sites (N-methyl/N-ethyl adjacent to an activating group) is 1. The Labute approximate surface area is 165 Å². The number of nitrogens with zero attached hydrogens (tertiary/aromatic N) is 1. The van der Waals surface area contributed by atoms with Crippen molar-refractivity contribution in [2.45, 2.75) is 25.3 Å². The van der Waals surface area contributed by atoms with Crippen LogP contribution in [0.4, 0.5) is 5.69 Å². The number of amides is 2. The standard InChI is InChI=1S/C22H27N3O3/c1-25(14-21(26)23-17-10-12-18(28-2)13-11-17)15-22(27)24-20-9-5-7-16-6-3-4-8-19(16)20/h3-4,6,8,10-13,20H,5,7,9,14-15H2,1-2H3,(H,23,26)(H,24,27)/t20-/m1/s1. The summed E-state index contributed by atoms with van der Waals surface area (Å²) >= 11 is 0. The van der Waals surface area contributed by atoms with E-state index in [0.717, 1.165) is 25.0 Å². The zero-order valence-corrected chi connectivity index (χ0v) is 16.4. The number of fused-ring (bicyclic) bond motifs is 1. The summed E-state index contributed by atoms with van der Waals surface area (Å²) in [5, 5.41) is 5.94. The summed E-state index contributed by atoms with van der Waals surface area (Å²) in [4.78, 5) is 26.4. The highest BCUT2D eigenvalue weighted by Crippen LogP contribution is 2.29. The molecule has 3 rings (SSSR count). The molecule has 0 saturated heterocycles. The van der Waals surface area contributed by atoms with E-state index in [0.29, 0.717) is 5.69 Å². The van der Waals surface area contributed by atoms with Crippen molar-refractivity contribution in [3.63, 3.8) is 0 Å². The number of carbonyl (C=O) groups is 2. The quantitative estimate of drug-likeness (QED) is 0.774. The highest BCUT2D eigenvalue weighted by molar-refractivity contribution is 5.92. The van der Waals surface area contributed by atoms with Gasteiger partial charge in [0.2, 0.25) is 11.8 Å². The van der Waals surface area contributed by atoms with Gasteiger partial charge in [-0.2, -0.15) is 0 Å². The van der Waals surface area contributed by atoms with Crippen molar-refractivity contribution in [3.05, 3.63) is 59.7 Å². The number of anilines is 1. The van der Waals surface area contributed by atoms with E-state index in [1.54, 1.807) is 43.3 Å². The Morgan fingerprint density at radius 2 is 1.79 bits per heavy atom. The van der Waals surface area contributed by atoms with Gasteiger partial charge in [0.25, 0.3) is 0 Å². The maximum Gasteiger partial charge on any atom is 0.238 e. The molecule has 1 atom stereocenters. The number of carbonyl (C=O) groups excluding carboxylic acids is 2. The van der Waals surface area contributed by atoms with Gasteiger partial charge in [0, 0.05) is 5.69 Å². The van der Waals surface area contributed by atoms with Crippen LogP contribution in [0.25, 0.3) is 0 Å². The normalized spacial score (nSPS) is 15.6. The summed E-state index contributed by atoms with van der Waals surface area (Å²) in [6, 6.07) is 15.5. The second-order valence-electron chi connectivity index (χ2n) is 7.16. The molecule has 6 heteroatoms. The van der Waals surface area contributed by atoms with Crippen LogP contribution < -0.4 is 15.4 Å². The van der Waals surface area contributed by atoms with Gasteiger partial charge in [-0.25, -0.2) is 0 Å². The number of methoxy groups -OCH3 is 1. The number of hydrogen-bond donors (Lipinski definition) is 2. The van der Waals surface area contributed by atoms with Crippen LogP contribution in [-0.4, -0.2) is 44.0 Å². The molecular formula is C22H27N3O3. The van der Waals surface area contributed by atoms with Crippen LogP contribution in [-0.2, 0) is 16.0 Å². The summed E-state index contributed by atoms with van der Waals surface area (Å²) in [5.41, 5.74) is 3.22. The van der Waals surface area contributed by atoms with Gasteiger partial charge in [-0.05, 0) is 61.7 Å². The number of rotatable bonds is 7. The Balaban J connectivity index is 1.47. The Hall–Kier alpha value is -2.86. The van der Waals surface area contributed by atoms with Gasteiger partial charge in [0.05, 0.1) is 26.2 Å². The monoisotopic (exact) mass is 381 g/mol. The van der Waals surface area contributed by atoms with Crippen LogP contribution in [0.1, 0.15) is 30.0 Å². The van der Waals surface area contributed by atoms with E-state index in [-0.39, 0.29) is 30.9 Å². The fourth-order valence-corrected chi connectivity index (χ4v) is 3.56. The van der Waals surface area contributed by atoms with Crippen LogP contribution in [0.3, 0.4) is 0 Å². The lowest BCUT2D eigenvalue weighted by atomic mass is 9.88. The molecule has 2 amide bonds. The molecule has 0 aromatic heterocycles. The molecule has 0 aliphatic heterocycles. The summed E-state index contributed by atoms with van der Waals surface area (Å²) in [6.07, 6.45) is 3.08. The smallest absolute Gasteiger partial charge is 0.238 e. The lowest BCUT2D eigenvalue weighted by Crippen LogP contribution is -2.40. The molecule has 0 bridgehead atoms. The van der Waals surface area contributed by atoms with Gasteiger partial charge in [0.1, 0.15) is 5.75 Å². The van der Waals surface area contributed by atoms with E-state index in [1.807, 2.05) is 12.1 Å². The number of ether oxygens (including phenoxy) is 1. The highest BCUT2D eigenvalue weighted by Gasteiger charge is 2.22. The lowest BCUT2D eigenvalue weighted by Gasteiger charge is -2.27. The number of hydrogen-bond acceptors (Lipinski definition) is 4. The minimum absolute atomic E-state index is 0.0546. The molecule has 2 aromatic rings. The zero-order chi connectivity index (χ0) is 19.9. The minimum Gasteiger partial charge on any atom is -0.497 e.